The summed E-state index contributed by atoms with van der Waals surface area (Å²) < 4.78 is 1.68. The highest BCUT2D eigenvalue weighted by Crippen LogP contribution is 2.28. The van der Waals surface area contributed by atoms with Gasteiger partial charge in [0.1, 0.15) is 0 Å². The predicted molar refractivity (Wildman–Crippen MR) is 72.6 cm³/mol. The largest absolute Gasteiger partial charge is 0.288 e. The van der Waals surface area contributed by atoms with Gasteiger partial charge in [0.15, 0.2) is 5.78 Å². The van der Waals surface area contributed by atoms with Crippen LogP contribution in [-0.4, -0.2) is 15.6 Å². The van der Waals surface area contributed by atoms with Crippen LogP contribution < -0.4 is 0 Å². The summed E-state index contributed by atoms with van der Waals surface area (Å²) >= 11 is 12.0. The van der Waals surface area contributed by atoms with Gasteiger partial charge in [0.05, 0.1) is 21.3 Å². The molecule has 0 saturated carbocycles. The Balaban J connectivity index is 2.58. The van der Waals surface area contributed by atoms with Gasteiger partial charge in [-0.2, -0.15) is 5.10 Å². The number of hydrogen-bond acceptors (Lipinski definition) is 2. The maximum atomic E-state index is 12.5. The molecule has 0 radical (unpaired) electrons. The molecular formula is C13H12Cl2N2O. The fraction of sp³-hybridized carbons (Fsp3) is 0.231. The second kappa shape index (κ2) is 4.75. The Morgan fingerprint density at radius 2 is 1.94 bits per heavy atom. The minimum absolute atomic E-state index is 0.148. The summed E-state index contributed by atoms with van der Waals surface area (Å²) in [4.78, 5) is 12.5. The molecule has 0 unspecified atom stereocenters. The molecule has 2 rings (SSSR count). The topological polar surface area (TPSA) is 34.9 Å². The van der Waals surface area contributed by atoms with Crippen LogP contribution in [0.25, 0.3) is 0 Å². The number of hydrogen-bond donors (Lipinski definition) is 0. The fourth-order valence-electron chi connectivity index (χ4n) is 1.92. The molecule has 3 nitrogen and oxygen atoms in total. The number of rotatable bonds is 2. The lowest BCUT2D eigenvalue weighted by molar-refractivity contribution is 0.103. The van der Waals surface area contributed by atoms with E-state index in [2.05, 4.69) is 5.10 Å². The van der Waals surface area contributed by atoms with Crippen LogP contribution in [0.1, 0.15) is 27.3 Å². The van der Waals surface area contributed by atoms with E-state index in [0.29, 0.717) is 21.8 Å². The minimum atomic E-state index is -0.148. The van der Waals surface area contributed by atoms with Gasteiger partial charge in [-0.3, -0.25) is 9.48 Å². The zero-order valence-corrected chi connectivity index (χ0v) is 11.8. The minimum Gasteiger partial charge on any atom is -0.288 e. The number of carbonyl (C=O) groups excluding carboxylic acids is 1. The standard InChI is InChI=1S/C13H12Cl2N2O/c1-7-11(8(2)17(3)16-7)13(18)9-5-4-6-10(14)12(9)15/h4-6H,1-3H3. The third-order valence-corrected chi connectivity index (χ3v) is 3.75. The molecule has 1 aromatic carbocycles. The Hall–Kier alpha value is -1.32. The van der Waals surface area contributed by atoms with Gasteiger partial charge in [0, 0.05) is 18.3 Å². The van der Waals surface area contributed by atoms with Crippen molar-refractivity contribution in [1.29, 1.82) is 0 Å². The zero-order chi connectivity index (χ0) is 13.4. The molecule has 0 amide bonds. The molecule has 0 fully saturated rings. The molecule has 0 aliphatic carbocycles. The molecule has 0 bridgehead atoms. The number of aryl methyl sites for hydroxylation is 2. The van der Waals surface area contributed by atoms with Gasteiger partial charge in [-0.15, -0.1) is 0 Å². The second-order valence-electron chi connectivity index (χ2n) is 4.10. The van der Waals surface area contributed by atoms with Crippen LogP contribution in [-0.2, 0) is 7.05 Å². The SMILES string of the molecule is Cc1nn(C)c(C)c1C(=O)c1cccc(Cl)c1Cl. The van der Waals surface area contributed by atoms with Gasteiger partial charge < -0.3 is 0 Å². The summed E-state index contributed by atoms with van der Waals surface area (Å²) in [5.41, 5.74) is 2.50. The van der Waals surface area contributed by atoms with Crippen LogP contribution in [0, 0.1) is 13.8 Å². The average Bonchev–Trinajstić information content (AvgIpc) is 2.56. The highest BCUT2D eigenvalue weighted by molar-refractivity contribution is 6.44. The fourth-order valence-corrected chi connectivity index (χ4v) is 2.30. The van der Waals surface area contributed by atoms with E-state index in [1.165, 1.54) is 0 Å². The predicted octanol–water partition coefficient (Wildman–Crippen LogP) is 3.57. The van der Waals surface area contributed by atoms with Gasteiger partial charge >= 0.3 is 0 Å². The van der Waals surface area contributed by atoms with Crippen molar-refractivity contribution >= 4 is 29.0 Å². The lowest BCUT2D eigenvalue weighted by Gasteiger charge is -2.05. The maximum absolute atomic E-state index is 12.5. The Morgan fingerprint density at radius 1 is 1.28 bits per heavy atom. The zero-order valence-electron chi connectivity index (χ0n) is 10.3. The number of nitrogens with zero attached hydrogens (tertiary/aromatic N) is 2. The van der Waals surface area contributed by atoms with Crippen molar-refractivity contribution in [3.63, 3.8) is 0 Å². The van der Waals surface area contributed by atoms with Gasteiger partial charge in [-0.05, 0) is 26.0 Å². The smallest absolute Gasteiger partial charge is 0.198 e. The molecule has 0 saturated heterocycles. The molecule has 0 spiro atoms. The first kappa shape index (κ1) is 13.1. The molecular weight excluding hydrogens is 271 g/mol. The van der Waals surface area contributed by atoms with Crippen LogP contribution in [0.15, 0.2) is 18.2 Å². The van der Waals surface area contributed by atoms with Gasteiger partial charge in [-0.1, -0.05) is 29.3 Å². The normalized spacial score (nSPS) is 10.7. The van der Waals surface area contributed by atoms with Crippen molar-refractivity contribution < 1.29 is 4.79 Å². The lowest BCUT2D eigenvalue weighted by atomic mass is 10.0. The number of halogens is 2. The Kier molecular flexibility index (Phi) is 3.46. The van der Waals surface area contributed by atoms with Crippen LogP contribution in [0.4, 0.5) is 0 Å². The first-order valence-corrected chi connectivity index (χ1v) is 6.18. The molecule has 0 N–H and O–H groups in total. The summed E-state index contributed by atoms with van der Waals surface area (Å²) in [7, 11) is 1.80. The summed E-state index contributed by atoms with van der Waals surface area (Å²) in [6, 6.07) is 5.04. The summed E-state index contributed by atoms with van der Waals surface area (Å²) in [6.07, 6.45) is 0. The van der Waals surface area contributed by atoms with E-state index in [9.17, 15) is 4.79 Å². The lowest BCUT2D eigenvalue weighted by Crippen LogP contribution is -2.05. The van der Waals surface area contributed by atoms with Crippen molar-refractivity contribution in [1.82, 2.24) is 9.78 Å². The Bertz CT molecular complexity index is 632. The maximum Gasteiger partial charge on any atom is 0.198 e. The molecule has 1 heterocycles. The number of carbonyl (C=O) groups is 1. The number of ketones is 1. The van der Waals surface area contributed by atoms with E-state index in [1.54, 1.807) is 36.9 Å². The molecule has 0 atom stereocenters. The van der Waals surface area contributed by atoms with E-state index in [4.69, 9.17) is 23.2 Å². The molecule has 94 valence electrons. The van der Waals surface area contributed by atoms with Crippen molar-refractivity contribution in [2.75, 3.05) is 0 Å². The highest BCUT2D eigenvalue weighted by atomic mass is 35.5. The van der Waals surface area contributed by atoms with Crippen molar-refractivity contribution in [3.05, 3.63) is 50.8 Å². The summed E-state index contributed by atoms with van der Waals surface area (Å²) in [5.74, 6) is -0.148. The number of aromatic nitrogens is 2. The monoisotopic (exact) mass is 282 g/mol. The molecule has 1 aromatic heterocycles. The molecule has 5 heteroatoms. The second-order valence-corrected chi connectivity index (χ2v) is 4.89. The van der Waals surface area contributed by atoms with Gasteiger partial charge in [0.2, 0.25) is 0 Å². The van der Waals surface area contributed by atoms with Gasteiger partial charge in [-0.25, -0.2) is 0 Å². The summed E-state index contributed by atoms with van der Waals surface area (Å²) in [6.45, 7) is 3.66. The first-order chi connectivity index (χ1) is 8.43. The van der Waals surface area contributed by atoms with E-state index >= 15 is 0 Å². The van der Waals surface area contributed by atoms with Crippen LogP contribution >= 0.6 is 23.2 Å². The van der Waals surface area contributed by atoms with Crippen molar-refractivity contribution in [2.24, 2.45) is 7.05 Å². The molecule has 0 aliphatic heterocycles. The average molecular weight is 283 g/mol. The highest BCUT2D eigenvalue weighted by Gasteiger charge is 2.21. The van der Waals surface area contributed by atoms with E-state index in [0.717, 1.165) is 5.69 Å². The molecule has 2 aromatic rings. The van der Waals surface area contributed by atoms with E-state index < -0.39 is 0 Å². The molecule has 0 aliphatic rings. The number of benzene rings is 1. The summed E-state index contributed by atoms with van der Waals surface area (Å²) in [5, 5.41) is 4.89. The van der Waals surface area contributed by atoms with Crippen molar-refractivity contribution in [3.8, 4) is 0 Å². The Labute approximate surface area is 115 Å². The Morgan fingerprint density at radius 3 is 2.50 bits per heavy atom. The van der Waals surface area contributed by atoms with Crippen LogP contribution in [0.5, 0.6) is 0 Å². The van der Waals surface area contributed by atoms with Crippen molar-refractivity contribution in [2.45, 2.75) is 13.8 Å². The quantitative estimate of drug-likeness (QED) is 0.790. The third kappa shape index (κ3) is 2.04. The first-order valence-electron chi connectivity index (χ1n) is 5.42. The van der Waals surface area contributed by atoms with E-state index in [1.807, 2.05) is 6.92 Å². The molecule has 18 heavy (non-hydrogen) atoms. The van der Waals surface area contributed by atoms with E-state index in [-0.39, 0.29) is 10.8 Å². The van der Waals surface area contributed by atoms with Crippen LogP contribution in [0.2, 0.25) is 10.0 Å². The van der Waals surface area contributed by atoms with Gasteiger partial charge in [0.25, 0.3) is 0 Å². The van der Waals surface area contributed by atoms with Crippen LogP contribution in [0.3, 0.4) is 0 Å². The third-order valence-electron chi connectivity index (χ3n) is 2.93.